The second kappa shape index (κ2) is 8.13. The molecule has 1 aliphatic heterocycles. The van der Waals surface area contributed by atoms with E-state index in [1.807, 2.05) is 24.3 Å². The number of rotatable bonds is 5. The van der Waals surface area contributed by atoms with E-state index in [1.54, 1.807) is 23.5 Å². The minimum absolute atomic E-state index is 0.165. The van der Waals surface area contributed by atoms with Gasteiger partial charge in [-0.2, -0.15) is 10.2 Å². The van der Waals surface area contributed by atoms with Gasteiger partial charge in [0.25, 0.3) is 0 Å². The molecule has 0 spiro atoms. The lowest BCUT2D eigenvalue weighted by atomic mass is 9.98. The van der Waals surface area contributed by atoms with Crippen LogP contribution in [0.2, 0.25) is 0 Å². The van der Waals surface area contributed by atoms with E-state index in [1.165, 1.54) is 11.1 Å². The average molecular weight is 392 g/mol. The molecule has 0 radical (unpaired) electrons. The lowest BCUT2D eigenvalue weighted by molar-refractivity contribution is 0.709. The molecule has 0 saturated heterocycles. The fraction of sp³-hybridized carbons (Fsp3) is 0.0833. The third-order valence-electron chi connectivity index (χ3n) is 5.11. The van der Waals surface area contributed by atoms with Crippen molar-refractivity contribution in [3.05, 3.63) is 114 Å². The van der Waals surface area contributed by atoms with Crippen molar-refractivity contribution in [1.29, 1.82) is 0 Å². The minimum atomic E-state index is 0.165. The van der Waals surface area contributed by atoms with E-state index in [0.717, 1.165) is 23.4 Å². The van der Waals surface area contributed by atoms with Crippen LogP contribution in [-0.2, 0) is 0 Å². The van der Waals surface area contributed by atoms with Gasteiger partial charge in [0.1, 0.15) is 12.7 Å². The van der Waals surface area contributed by atoms with Crippen LogP contribution >= 0.6 is 0 Å². The highest BCUT2D eigenvalue weighted by Gasteiger charge is 2.29. The normalized spacial score (nSPS) is 16.2. The van der Waals surface area contributed by atoms with Crippen LogP contribution in [0.1, 0.15) is 29.2 Å². The predicted octanol–water partition coefficient (Wildman–Crippen LogP) is 4.52. The minimum Gasteiger partial charge on any atom is -0.257 e. The van der Waals surface area contributed by atoms with Crippen molar-refractivity contribution in [2.45, 2.75) is 12.5 Å². The van der Waals surface area contributed by atoms with E-state index in [9.17, 15) is 0 Å². The van der Waals surface area contributed by atoms with Crippen molar-refractivity contribution in [3.8, 4) is 0 Å². The molecule has 1 aromatic heterocycles. The monoisotopic (exact) mass is 392 g/mol. The van der Waals surface area contributed by atoms with Gasteiger partial charge in [-0.1, -0.05) is 72.8 Å². The summed E-state index contributed by atoms with van der Waals surface area (Å²) in [7, 11) is 0. The summed E-state index contributed by atoms with van der Waals surface area (Å²) in [5.74, 6) is 0. The molecular formula is C24H20N6. The fourth-order valence-corrected chi connectivity index (χ4v) is 3.59. The highest BCUT2D eigenvalue weighted by atomic mass is 15.5. The Balaban J connectivity index is 1.45. The number of aromatic nitrogens is 3. The van der Waals surface area contributed by atoms with Crippen molar-refractivity contribution in [2.75, 3.05) is 5.01 Å². The first-order valence-corrected chi connectivity index (χ1v) is 9.83. The molecule has 2 heterocycles. The molecule has 146 valence electrons. The number of hydrogen-bond acceptors (Lipinski definition) is 5. The molecule has 5 rings (SSSR count). The lowest BCUT2D eigenvalue weighted by Crippen LogP contribution is -2.18. The first-order chi connectivity index (χ1) is 14.9. The number of hydrogen-bond donors (Lipinski definition) is 0. The van der Waals surface area contributed by atoms with Crippen LogP contribution in [0.25, 0.3) is 0 Å². The van der Waals surface area contributed by atoms with Gasteiger partial charge in [-0.15, -0.1) is 10.2 Å². The van der Waals surface area contributed by atoms with E-state index in [4.69, 9.17) is 5.10 Å². The van der Waals surface area contributed by atoms with Crippen molar-refractivity contribution in [1.82, 2.24) is 14.9 Å². The molecule has 0 fully saturated rings. The van der Waals surface area contributed by atoms with Gasteiger partial charge in [-0.25, -0.2) is 4.68 Å². The summed E-state index contributed by atoms with van der Waals surface area (Å²) in [5.41, 5.74) is 5.57. The molecule has 3 aromatic carbocycles. The van der Waals surface area contributed by atoms with E-state index in [-0.39, 0.29) is 6.04 Å². The molecule has 4 aromatic rings. The van der Waals surface area contributed by atoms with Crippen molar-refractivity contribution in [3.63, 3.8) is 0 Å². The average Bonchev–Trinajstić information content (AvgIpc) is 3.50. The van der Waals surface area contributed by atoms with Gasteiger partial charge in [0.2, 0.25) is 0 Å². The Bertz CT molecular complexity index is 1150. The zero-order chi connectivity index (χ0) is 20.2. The first-order valence-electron chi connectivity index (χ1n) is 9.83. The molecule has 1 atom stereocenters. The zero-order valence-electron chi connectivity index (χ0n) is 16.3. The van der Waals surface area contributed by atoms with Gasteiger partial charge in [0.05, 0.1) is 23.7 Å². The van der Waals surface area contributed by atoms with Crippen LogP contribution < -0.4 is 5.01 Å². The van der Waals surface area contributed by atoms with Gasteiger partial charge in [0, 0.05) is 6.42 Å². The zero-order valence-corrected chi connectivity index (χ0v) is 16.3. The topological polar surface area (TPSA) is 58.7 Å². The van der Waals surface area contributed by atoms with Crippen LogP contribution in [0.5, 0.6) is 0 Å². The first kappa shape index (κ1) is 18.0. The molecule has 6 heteroatoms. The Kier molecular flexibility index (Phi) is 4.88. The molecular weight excluding hydrogens is 372 g/mol. The van der Waals surface area contributed by atoms with Crippen molar-refractivity contribution < 1.29 is 0 Å². The maximum absolute atomic E-state index is 5.00. The lowest BCUT2D eigenvalue weighted by Gasteiger charge is -2.24. The Morgan fingerprint density at radius 2 is 1.47 bits per heavy atom. The van der Waals surface area contributed by atoms with Gasteiger partial charge < -0.3 is 0 Å². The molecule has 1 unspecified atom stereocenters. The molecule has 0 saturated carbocycles. The van der Waals surface area contributed by atoms with Crippen molar-refractivity contribution in [2.24, 2.45) is 10.2 Å². The summed E-state index contributed by atoms with van der Waals surface area (Å²) in [5, 5.41) is 18.9. The predicted molar refractivity (Wildman–Crippen MR) is 119 cm³/mol. The number of benzene rings is 3. The molecule has 6 nitrogen and oxygen atoms in total. The molecule has 1 aliphatic rings. The number of anilines is 1. The summed E-state index contributed by atoms with van der Waals surface area (Å²) in [6, 6.07) is 29.4. The summed E-state index contributed by atoms with van der Waals surface area (Å²) >= 11 is 0. The summed E-state index contributed by atoms with van der Waals surface area (Å²) in [6.45, 7) is 0. The Labute approximate surface area is 174 Å². The standard InChI is InChI=1S/C24H20N6/c1-3-7-20(8-4-1)23-15-24(21-9-5-2-6-10-21)30(28-23)22-13-11-19(12-14-22)16-27-29-17-25-26-18-29/h1-14,16-18,24H,15H2/b27-16-. The Morgan fingerprint density at radius 1 is 0.800 bits per heavy atom. The van der Waals surface area contributed by atoms with Crippen molar-refractivity contribution >= 4 is 17.6 Å². The molecule has 0 N–H and O–H groups in total. The summed E-state index contributed by atoms with van der Waals surface area (Å²) in [6.07, 6.45) is 5.76. The smallest absolute Gasteiger partial charge is 0.141 e. The van der Waals surface area contributed by atoms with Crippen LogP contribution in [0.15, 0.2) is 108 Å². The van der Waals surface area contributed by atoms with Crippen LogP contribution in [0, 0.1) is 0 Å². The van der Waals surface area contributed by atoms with Crippen LogP contribution in [0.3, 0.4) is 0 Å². The second-order valence-electron chi connectivity index (χ2n) is 7.07. The Morgan fingerprint density at radius 3 is 2.17 bits per heavy atom. The Hall–Kier alpha value is -4.06. The van der Waals surface area contributed by atoms with Gasteiger partial charge >= 0.3 is 0 Å². The van der Waals surface area contributed by atoms with E-state index in [0.29, 0.717) is 0 Å². The molecule has 0 aliphatic carbocycles. The van der Waals surface area contributed by atoms with Gasteiger partial charge in [-0.3, -0.25) is 5.01 Å². The number of hydrazone groups is 1. The molecule has 0 bridgehead atoms. The van der Waals surface area contributed by atoms with E-state index < -0.39 is 0 Å². The third kappa shape index (κ3) is 3.75. The molecule has 30 heavy (non-hydrogen) atoms. The second-order valence-corrected chi connectivity index (χ2v) is 7.07. The summed E-state index contributed by atoms with van der Waals surface area (Å²) < 4.78 is 1.57. The van der Waals surface area contributed by atoms with E-state index in [2.05, 4.69) is 81.0 Å². The number of nitrogens with zero attached hydrogens (tertiary/aromatic N) is 6. The maximum Gasteiger partial charge on any atom is 0.141 e. The summed E-state index contributed by atoms with van der Waals surface area (Å²) in [4.78, 5) is 0. The largest absolute Gasteiger partial charge is 0.257 e. The van der Waals surface area contributed by atoms with Crippen LogP contribution in [0.4, 0.5) is 5.69 Å². The van der Waals surface area contributed by atoms with Crippen LogP contribution in [-0.4, -0.2) is 26.8 Å². The fourth-order valence-electron chi connectivity index (χ4n) is 3.59. The third-order valence-corrected chi connectivity index (χ3v) is 5.11. The highest BCUT2D eigenvalue weighted by Crippen LogP contribution is 2.36. The quantitative estimate of drug-likeness (QED) is 0.469. The van der Waals surface area contributed by atoms with E-state index >= 15 is 0 Å². The molecule has 0 amide bonds. The SMILES string of the molecule is C(=N/n1cnnc1)/c1ccc(N2N=C(c3ccccc3)CC2c2ccccc2)cc1. The maximum atomic E-state index is 5.00. The van der Waals surface area contributed by atoms with Gasteiger partial charge in [-0.05, 0) is 28.8 Å². The van der Waals surface area contributed by atoms with Gasteiger partial charge in [0.15, 0.2) is 0 Å². The highest BCUT2D eigenvalue weighted by molar-refractivity contribution is 6.03.